The van der Waals surface area contributed by atoms with Crippen LogP contribution in [0.5, 0.6) is 0 Å². The van der Waals surface area contributed by atoms with Crippen LogP contribution in [0, 0.1) is 0 Å². The monoisotopic (exact) mass is 210 g/mol. The van der Waals surface area contributed by atoms with Gasteiger partial charge >= 0.3 is 0 Å². The summed E-state index contributed by atoms with van der Waals surface area (Å²) in [4.78, 5) is 0. The summed E-state index contributed by atoms with van der Waals surface area (Å²) in [6.07, 6.45) is 6.12. The Balaban J connectivity index is 2.46. The molecule has 1 heterocycles. The summed E-state index contributed by atoms with van der Waals surface area (Å²) in [5, 5.41) is 8.07. The van der Waals surface area contributed by atoms with Crippen molar-refractivity contribution in [2.75, 3.05) is 0 Å². The first-order valence-corrected chi connectivity index (χ1v) is 4.24. The molecule has 0 aromatic heterocycles. The minimum absolute atomic E-state index is 0.177. The molecule has 11 heavy (non-hydrogen) atoms. The lowest BCUT2D eigenvalue weighted by Gasteiger charge is -2.07. The molecule has 0 bridgehead atoms. The molecule has 1 aliphatic carbocycles. The maximum Gasteiger partial charge on any atom is 0.116 e. The molecule has 0 fully saturated rings. The third-order valence-corrected chi connectivity index (χ3v) is 2.29. The molecule has 1 atom stereocenters. The topological polar surface area (TPSA) is 24.7 Å². The fourth-order valence-electron chi connectivity index (χ4n) is 1.19. The van der Waals surface area contributed by atoms with Crippen molar-refractivity contribution in [1.29, 1.82) is 0 Å². The van der Waals surface area contributed by atoms with E-state index in [0.717, 1.165) is 10.2 Å². The molecular formula is C8H7BrN2. The molecular weight excluding hydrogens is 204 g/mol. The number of allylic oxidation sites excluding steroid dienone is 3. The molecule has 2 nitrogen and oxygen atoms in total. The lowest BCUT2D eigenvalue weighted by atomic mass is 10.0. The maximum atomic E-state index is 4.07. The zero-order chi connectivity index (χ0) is 7.84. The Morgan fingerprint density at radius 1 is 1.55 bits per heavy atom. The van der Waals surface area contributed by atoms with Crippen molar-refractivity contribution in [3.05, 3.63) is 34.0 Å². The highest BCUT2D eigenvalue weighted by atomic mass is 79.9. The van der Waals surface area contributed by atoms with E-state index in [1.807, 2.05) is 19.1 Å². The van der Waals surface area contributed by atoms with E-state index in [1.54, 1.807) is 0 Å². The van der Waals surface area contributed by atoms with Gasteiger partial charge < -0.3 is 0 Å². The quantitative estimate of drug-likeness (QED) is 0.588. The summed E-state index contributed by atoms with van der Waals surface area (Å²) < 4.78 is 1.09. The largest absolute Gasteiger partial charge is 0.176 e. The van der Waals surface area contributed by atoms with Crippen molar-refractivity contribution in [3.8, 4) is 0 Å². The van der Waals surface area contributed by atoms with Crippen molar-refractivity contribution >= 4 is 15.9 Å². The molecule has 3 heteroatoms. The highest BCUT2D eigenvalue weighted by molar-refractivity contribution is 9.11. The van der Waals surface area contributed by atoms with Gasteiger partial charge in [-0.3, -0.25) is 0 Å². The first-order chi connectivity index (χ1) is 5.27. The van der Waals surface area contributed by atoms with Crippen LogP contribution in [0.25, 0.3) is 0 Å². The van der Waals surface area contributed by atoms with Gasteiger partial charge in [0.1, 0.15) is 6.04 Å². The molecule has 0 N–H and O–H groups in total. The summed E-state index contributed by atoms with van der Waals surface area (Å²) in [6.45, 7) is 1.98. The maximum absolute atomic E-state index is 4.07. The summed E-state index contributed by atoms with van der Waals surface area (Å²) >= 11 is 3.41. The van der Waals surface area contributed by atoms with Gasteiger partial charge in [0, 0.05) is 10.1 Å². The van der Waals surface area contributed by atoms with Crippen molar-refractivity contribution in [2.24, 2.45) is 10.2 Å². The SMILES string of the molecule is CC1=C2C=C(Br)C=C[C@H]2N=N1. The molecule has 0 aromatic rings. The van der Waals surface area contributed by atoms with E-state index in [-0.39, 0.29) is 6.04 Å². The van der Waals surface area contributed by atoms with Crippen LogP contribution in [0.3, 0.4) is 0 Å². The van der Waals surface area contributed by atoms with Gasteiger partial charge in [0.25, 0.3) is 0 Å². The Bertz CT molecular complexity index is 310. The van der Waals surface area contributed by atoms with Crippen LogP contribution in [0.1, 0.15) is 6.92 Å². The fourth-order valence-corrected chi connectivity index (χ4v) is 1.59. The summed E-state index contributed by atoms with van der Waals surface area (Å²) in [6, 6.07) is 0.177. The Labute approximate surface area is 73.5 Å². The van der Waals surface area contributed by atoms with Crippen molar-refractivity contribution in [1.82, 2.24) is 0 Å². The van der Waals surface area contributed by atoms with Crippen LogP contribution < -0.4 is 0 Å². The van der Waals surface area contributed by atoms with Gasteiger partial charge in [-0.05, 0) is 19.1 Å². The number of nitrogens with zero attached hydrogens (tertiary/aromatic N) is 2. The average Bonchev–Trinajstić information content (AvgIpc) is 2.33. The molecule has 0 spiro atoms. The zero-order valence-corrected chi connectivity index (χ0v) is 7.67. The molecule has 2 rings (SSSR count). The second kappa shape index (κ2) is 2.41. The summed E-state index contributed by atoms with van der Waals surface area (Å²) in [5.41, 5.74) is 2.23. The van der Waals surface area contributed by atoms with Crippen LogP contribution >= 0.6 is 15.9 Å². The lowest BCUT2D eigenvalue weighted by Crippen LogP contribution is -2.02. The number of fused-ring (bicyclic) bond motifs is 1. The number of hydrogen-bond donors (Lipinski definition) is 0. The molecule has 2 aliphatic rings. The number of hydrogen-bond acceptors (Lipinski definition) is 2. The van der Waals surface area contributed by atoms with E-state index in [4.69, 9.17) is 0 Å². The van der Waals surface area contributed by atoms with E-state index in [9.17, 15) is 0 Å². The minimum Gasteiger partial charge on any atom is -0.176 e. The van der Waals surface area contributed by atoms with Crippen LogP contribution in [-0.2, 0) is 0 Å². The highest BCUT2D eigenvalue weighted by Gasteiger charge is 2.19. The van der Waals surface area contributed by atoms with Gasteiger partial charge in [-0.25, -0.2) is 0 Å². The molecule has 0 saturated heterocycles. The van der Waals surface area contributed by atoms with E-state index in [2.05, 4.69) is 32.2 Å². The smallest absolute Gasteiger partial charge is 0.116 e. The van der Waals surface area contributed by atoms with E-state index in [0.29, 0.717) is 0 Å². The molecule has 56 valence electrons. The second-order valence-corrected chi connectivity index (χ2v) is 3.51. The Morgan fingerprint density at radius 3 is 3.18 bits per heavy atom. The van der Waals surface area contributed by atoms with Gasteiger partial charge in [0.2, 0.25) is 0 Å². The normalized spacial score (nSPS) is 27.5. The van der Waals surface area contributed by atoms with E-state index >= 15 is 0 Å². The second-order valence-electron chi connectivity index (χ2n) is 2.59. The summed E-state index contributed by atoms with van der Waals surface area (Å²) in [7, 11) is 0. The van der Waals surface area contributed by atoms with Gasteiger partial charge in [-0.15, -0.1) is 0 Å². The van der Waals surface area contributed by atoms with E-state index in [1.165, 1.54) is 5.57 Å². The first-order valence-electron chi connectivity index (χ1n) is 3.44. The Kier molecular flexibility index (Phi) is 1.53. The Hall–Kier alpha value is -0.700. The highest BCUT2D eigenvalue weighted by Crippen LogP contribution is 2.29. The first kappa shape index (κ1) is 6.98. The van der Waals surface area contributed by atoms with Gasteiger partial charge in [-0.2, -0.15) is 10.2 Å². The molecule has 0 radical (unpaired) electrons. The van der Waals surface area contributed by atoms with E-state index < -0.39 is 0 Å². The Morgan fingerprint density at radius 2 is 2.36 bits per heavy atom. The number of halogens is 1. The van der Waals surface area contributed by atoms with Crippen LogP contribution in [0.4, 0.5) is 0 Å². The van der Waals surface area contributed by atoms with Crippen molar-refractivity contribution < 1.29 is 0 Å². The molecule has 1 aliphatic heterocycles. The fraction of sp³-hybridized carbons (Fsp3) is 0.250. The molecule has 0 unspecified atom stereocenters. The minimum atomic E-state index is 0.177. The number of azo groups is 1. The molecule has 0 aromatic carbocycles. The predicted octanol–water partition coefficient (Wildman–Crippen LogP) is 2.94. The third-order valence-electron chi connectivity index (χ3n) is 1.80. The average molecular weight is 211 g/mol. The van der Waals surface area contributed by atoms with Crippen molar-refractivity contribution in [3.63, 3.8) is 0 Å². The zero-order valence-electron chi connectivity index (χ0n) is 6.08. The van der Waals surface area contributed by atoms with Gasteiger partial charge in [0.05, 0.1) is 5.70 Å². The number of rotatable bonds is 0. The van der Waals surface area contributed by atoms with Crippen LogP contribution in [0.15, 0.2) is 44.2 Å². The van der Waals surface area contributed by atoms with Gasteiger partial charge in [0.15, 0.2) is 0 Å². The third kappa shape index (κ3) is 1.09. The van der Waals surface area contributed by atoms with Crippen LogP contribution in [-0.4, -0.2) is 6.04 Å². The van der Waals surface area contributed by atoms with Crippen LogP contribution in [0.2, 0.25) is 0 Å². The molecule has 0 amide bonds. The van der Waals surface area contributed by atoms with Gasteiger partial charge in [-0.1, -0.05) is 22.0 Å². The van der Waals surface area contributed by atoms with Crippen molar-refractivity contribution in [2.45, 2.75) is 13.0 Å². The predicted molar refractivity (Wildman–Crippen MR) is 47.5 cm³/mol. The summed E-state index contributed by atoms with van der Waals surface area (Å²) in [5.74, 6) is 0. The molecule has 0 saturated carbocycles. The lowest BCUT2D eigenvalue weighted by molar-refractivity contribution is 0.943. The standard InChI is InChI=1S/C8H7BrN2/c1-5-7-4-6(9)2-3-8(7)11-10-5/h2-4,8H,1H3/t8-/m1/s1.